The number of aromatic hydroxyl groups is 2. The summed E-state index contributed by atoms with van der Waals surface area (Å²) in [4.78, 5) is 11.8. The van der Waals surface area contributed by atoms with Gasteiger partial charge in [-0.25, -0.2) is 5.43 Å². The topological polar surface area (TPSA) is 91.2 Å². The molecule has 1 amide bonds. The molecule has 0 aliphatic heterocycles. The highest BCUT2D eigenvalue weighted by atomic mass is 16.5. The van der Waals surface area contributed by atoms with Crippen LogP contribution in [0.25, 0.3) is 0 Å². The van der Waals surface area contributed by atoms with E-state index in [-0.39, 0.29) is 17.1 Å². The molecule has 0 aromatic heterocycles. The Morgan fingerprint density at radius 3 is 2.70 bits per heavy atom. The van der Waals surface area contributed by atoms with Gasteiger partial charge in [-0.3, -0.25) is 4.79 Å². The van der Waals surface area contributed by atoms with Gasteiger partial charge in [0, 0.05) is 18.7 Å². The van der Waals surface area contributed by atoms with Gasteiger partial charge in [0.25, 0.3) is 5.91 Å². The minimum absolute atomic E-state index is 0.0419. The lowest BCUT2D eigenvalue weighted by Crippen LogP contribution is -2.17. The van der Waals surface area contributed by atoms with Crippen molar-refractivity contribution in [3.63, 3.8) is 0 Å². The van der Waals surface area contributed by atoms with Crippen LogP contribution < -0.4 is 5.43 Å². The molecule has 23 heavy (non-hydrogen) atoms. The lowest BCUT2D eigenvalue weighted by molar-refractivity contribution is 0.0952. The number of phenols is 2. The maximum Gasteiger partial charge on any atom is 0.275 e. The molecule has 0 unspecified atom stereocenters. The van der Waals surface area contributed by atoms with Crippen LogP contribution in [0, 0.1) is 0 Å². The van der Waals surface area contributed by atoms with Crippen molar-refractivity contribution in [1.82, 2.24) is 5.43 Å². The number of hydrazone groups is 1. The molecule has 2 rings (SSSR count). The smallest absolute Gasteiger partial charge is 0.275 e. The number of hydrogen-bond donors (Lipinski definition) is 3. The van der Waals surface area contributed by atoms with Crippen molar-refractivity contribution in [2.24, 2.45) is 5.10 Å². The lowest BCUT2D eigenvalue weighted by atomic mass is 10.2. The summed E-state index contributed by atoms with van der Waals surface area (Å²) in [6, 6.07) is 13.6. The van der Waals surface area contributed by atoms with Gasteiger partial charge in [-0.2, -0.15) is 5.10 Å². The van der Waals surface area contributed by atoms with Crippen molar-refractivity contribution in [1.29, 1.82) is 0 Å². The van der Waals surface area contributed by atoms with Gasteiger partial charge in [-0.05, 0) is 17.7 Å². The van der Waals surface area contributed by atoms with Crippen molar-refractivity contribution < 1.29 is 19.7 Å². The van der Waals surface area contributed by atoms with Crippen LogP contribution >= 0.6 is 0 Å². The van der Waals surface area contributed by atoms with Crippen molar-refractivity contribution in [3.8, 4) is 11.5 Å². The van der Waals surface area contributed by atoms with E-state index in [9.17, 15) is 9.90 Å². The molecule has 2 aromatic carbocycles. The van der Waals surface area contributed by atoms with E-state index in [1.165, 1.54) is 18.3 Å². The van der Waals surface area contributed by atoms with Gasteiger partial charge >= 0.3 is 0 Å². The van der Waals surface area contributed by atoms with Crippen molar-refractivity contribution in [2.45, 2.75) is 13.0 Å². The van der Waals surface area contributed by atoms with Crippen LogP contribution in [-0.4, -0.2) is 28.9 Å². The first-order chi connectivity index (χ1) is 11.2. The molecule has 0 heterocycles. The monoisotopic (exact) mass is 314 g/mol. The Kier molecular flexibility index (Phi) is 6.14. The Hall–Kier alpha value is -2.86. The van der Waals surface area contributed by atoms with Gasteiger partial charge in [0.2, 0.25) is 0 Å². The van der Waals surface area contributed by atoms with Crippen LogP contribution in [-0.2, 0) is 11.3 Å². The third-order valence-electron chi connectivity index (χ3n) is 2.99. The first kappa shape index (κ1) is 16.5. The summed E-state index contributed by atoms with van der Waals surface area (Å²) in [5.41, 5.74) is 3.44. The first-order valence-corrected chi connectivity index (χ1v) is 7.12. The van der Waals surface area contributed by atoms with E-state index in [1.807, 2.05) is 30.3 Å². The van der Waals surface area contributed by atoms with Crippen molar-refractivity contribution >= 4 is 12.1 Å². The summed E-state index contributed by atoms with van der Waals surface area (Å²) in [6.45, 7) is 1.02. The maximum absolute atomic E-state index is 11.8. The molecule has 0 saturated heterocycles. The highest BCUT2D eigenvalue weighted by Gasteiger charge is 2.10. The summed E-state index contributed by atoms with van der Waals surface area (Å²) in [7, 11) is 0. The van der Waals surface area contributed by atoms with Crippen LogP contribution in [0.2, 0.25) is 0 Å². The molecule has 120 valence electrons. The summed E-state index contributed by atoms with van der Waals surface area (Å²) in [5.74, 6) is -0.967. The van der Waals surface area contributed by atoms with Crippen LogP contribution in [0.5, 0.6) is 11.5 Å². The Morgan fingerprint density at radius 2 is 1.96 bits per heavy atom. The summed E-state index contributed by atoms with van der Waals surface area (Å²) < 4.78 is 5.47. The summed E-state index contributed by atoms with van der Waals surface area (Å²) >= 11 is 0. The Morgan fingerprint density at radius 1 is 1.17 bits per heavy atom. The predicted molar refractivity (Wildman–Crippen MR) is 86.4 cm³/mol. The van der Waals surface area contributed by atoms with E-state index in [4.69, 9.17) is 9.84 Å². The number of nitrogens with zero attached hydrogens (tertiary/aromatic N) is 1. The molecule has 0 bridgehead atoms. The third kappa shape index (κ3) is 5.44. The van der Waals surface area contributed by atoms with Crippen LogP contribution in [0.1, 0.15) is 22.3 Å². The minimum atomic E-state index is -0.552. The summed E-state index contributed by atoms with van der Waals surface area (Å²) in [5, 5.41) is 22.5. The van der Waals surface area contributed by atoms with Crippen LogP contribution in [0.15, 0.2) is 53.6 Å². The molecule has 6 heteroatoms. The molecule has 0 saturated carbocycles. The minimum Gasteiger partial charge on any atom is -0.508 e. The zero-order valence-electron chi connectivity index (χ0n) is 12.5. The Bertz CT molecular complexity index is 672. The second kappa shape index (κ2) is 8.55. The molecule has 0 atom stereocenters. The van der Waals surface area contributed by atoms with Gasteiger partial charge in [0.1, 0.15) is 11.5 Å². The first-order valence-electron chi connectivity index (χ1n) is 7.12. The standard InChI is InChI=1S/C17H18N2O4/c20-14-7-8-15(16(21)11-14)17(22)19-18-9-4-10-23-12-13-5-2-1-3-6-13/h1-3,5-9,11,20-21H,4,10,12H2,(H,19,22). The highest BCUT2D eigenvalue weighted by molar-refractivity contribution is 5.97. The number of carbonyl (C=O) groups is 1. The highest BCUT2D eigenvalue weighted by Crippen LogP contribution is 2.22. The average Bonchev–Trinajstić information content (AvgIpc) is 2.54. The van der Waals surface area contributed by atoms with Gasteiger partial charge in [-0.1, -0.05) is 30.3 Å². The van der Waals surface area contributed by atoms with E-state index < -0.39 is 5.91 Å². The number of amides is 1. The maximum atomic E-state index is 11.8. The van der Waals surface area contributed by atoms with Crippen LogP contribution in [0.4, 0.5) is 0 Å². The molecule has 0 fully saturated rings. The Balaban J connectivity index is 1.67. The number of rotatable bonds is 7. The molecular formula is C17H18N2O4. The lowest BCUT2D eigenvalue weighted by Gasteiger charge is -2.03. The van der Waals surface area contributed by atoms with Crippen LogP contribution in [0.3, 0.4) is 0 Å². The number of ether oxygens (including phenoxy) is 1. The SMILES string of the molecule is O=C(NN=CCCOCc1ccccc1)c1ccc(O)cc1O. The van der Waals surface area contributed by atoms with Crippen molar-refractivity contribution in [3.05, 3.63) is 59.7 Å². The van der Waals surface area contributed by atoms with E-state index in [2.05, 4.69) is 10.5 Å². The third-order valence-corrected chi connectivity index (χ3v) is 2.99. The zero-order valence-corrected chi connectivity index (χ0v) is 12.5. The van der Waals surface area contributed by atoms with Gasteiger partial charge in [-0.15, -0.1) is 0 Å². The second-order valence-corrected chi connectivity index (χ2v) is 4.78. The van der Waals surface area contributed by atoms with E-state index in [0.717, 1.165) is 11.6 Å². The average molecular weight is 314 g/mol. The largest absolute Gasteiger partial charge is 0.508 e. The number of benzene rings is 2. The molecule has 0 radical (unpaired) electrons. The fourth-order valence-corrected chi connectivity index (χ4v) is 1.84. The van der Waals surface area contributed by atoms with Gasteiger partial charge in [0.05, 0.1) is 18.8 Å². The van der Waals surface area contributed by atoms with E-state index in [1.54, 1.807) is 0 Å². The quantitative estimate of drug-likeness (QED) is 0.416. The molecule has 0 spiro atoms. The second-order valence-electron chi connectivity index (χ2n) is 4.78. The van der Waals surface area contributed by atoms with Crippen molar-refractivity contribution in [2.75, 3.05) is 6.61 Å². The number of nitrogens with one attached hydrogen (secondary N) is 1. The zero-order chi connectivity index (χ0) is 16.5. The number of phenolic OH excluding ortho intramolecular Hbond substituents is 2. The fraction of sp³-hybridized carbons (Fsp3) is 0.176. The molecule has 0 aliphatic carbocycles. The predicted octanol–water partition coefficient (Wildman–Crippen LogP) is 2.42. The van der Waals surface area contributed by atoms with E-state index >= 15 is 0 Å². The van der Waals surface area contributed by atoms with E-state index in [0.29, 0.717) is 19.6 Å². The normalized spacial score (nSPS) is 10.8. The number of hydrogen-bond acceptors (Lipinski definition) is 5. The fourth-order valence-electron chi connectivity index (χ4n) is 1.84. The number of carbonyl (C=O) groups excluding carboxylic acids is 1. The molecule has 0 aliphatic rings. The molecule has 3 N–H and O–H groups in total. The summed E-state index contributed by atoms with van der Waals surface area (Å²) in [6.07, 6.45) is 2.08. The van der Waals surface area contributed by atoms with Gasteiger partial charge < -0.3 is 14.9 Å². The Labute approximate surface area is 134 Å². The van der Waals surface area contributed by atoms with Gasteiger partial charge in [0.15, 0.2) is 0 Å². The molecular weight excluding hydrogens is 296 g/mol. The molecule has 2 aromatic rings. The molecule has 6 nitrogen and oxygen atoms in total.